The summed E-state index contributed by atoms with van der Waals surface area (Å²) in [4.78, 5) is 11.5. The highest BCUT2D eigenvalue weighted by molar-refractivity contribution is 5.70. The van der Waals surface area contributed by atoms with Crippen molar-refractivity contribution < 1.29 is 14.3 Å². The van der Waals surface area contributed by atoms with Gasteiger partial charge in [0.1, 0.15) is 0 Å². The van der Waals surface area contributed by atoms with E-state index in [1.54, 1.807) is 0 Å². The lowest BCUT2D eigenvalue weighted by Gasteiger charge is -2.27. The minimum absolute atomic E-state index is 0.140. The van der Waals surface area contributed by atoms with Crippen molar-refractivity contribution in [1.29, 1.82) is 0 Å². The molecule has 0 aromatic heterocycles. The summed E-state index contributed by atoms with van der Waals surface area (Å²) in [6.07, 6.45) is 1.10. The Morgan fingerprint density at radius 2 is 2.35 bits per heavy atom. The first-order valence-corrected chi connectivity index (χ1v) is 6.08. The van der Waals surface area contributed by atoms with E-state index in [1.165, 1.54) is 16.7 Å². The molecule has 0 bridgehead atoms. The van der Waals surface area contributed by atoms with Crippen LogP contribution in [0.2, 0.25) is 0 Å². The predicted molar refractivity (Wildman–Crippen MR) is 64.8 cm³/mol. The first kappa shape index (κ1) is 12.1. The molecule has 0 fully saturated rings. The Kier molecular flexibility index (Phi) is 3.79. The van der Waals surface area contributed by atoms with Crippen molar-refractivity contribution >= 4 is 5.97 Å². The van der Waals surface area contributed by atoms with Crippen LogP contribution in [0, 0.1) is 6.92 Å². The number of benzene rings is 1. The topological polar surface area (TPSA) is 35.5 Å². The molecule has 0 saturated heterocycles. The van der Waals surface area contributed by atoms with Gasteiger partial charge < -0.3 is 9.47 Å². The summed E-state index contributed by atoms with van der Waals surface area (Å²) in [7, 11) is 0. The van der Waals surface area contributed by atoms with Crippen molar-refractivity contribution in [1.82, 2.24) is 0 Å². The number of carbonyl (C=O) groups is 1. The average Bonchev–Trinajstić information content (AvgIpc) is 2.29. The van der Waals surface area contributed by atoms with Gasteiger partial charge in [-0.3, -0.25) is 4.79 Å². The fraction of sp³-hybridized carbons (Fsp3) is 0.500. The lowest BCUT2D eigenvalue weighted by molar-refractivity contribution is -0.146. The summed E-state index contributed by atoms with van der Waals surface area (Å²) in [5, 5.41) is 0. The van der Waals surface area contributed by atoms with Crippen molar-refractivity contribution in [2.75, 3.05) is 13.2 Å². The number of fused-ring (bicyclic) bond motifs is 1. The smallest absolute Gasteiger partial charge is 0.308 e. The molecule has 3 heteroatoms. The molecule has 0 unspecified atom stereocenters. The average molecular weight is 234 g/mol. The first-order valence-electron chi connectivity index (χ1n) is 6.08. The van der Waals surface area contributed by atoms with Crippen LogP contribution in [0.5, 0.6) is 0 Å². The minimum atomic E-state index is -0.186. The van der Waals surface area contributed by atoms with Gasteiger partial charge in [0.2, 0.25) is 0 Å². The monoisotopic (exact) mass is 234 g/mol. The van der Waals surface area contributed by atoms with Gasteiger partial charge in [0, 0.05) is 0 Å². The maximum absolute atomic E-state index is 11.5. The molecule has 0 saturated carbocycles. The number of ether oxygens (including phenoxy) is 2. The largest absolute Gasteiger partial charge is 0.466 e. The molecule has 1 aromatic carbocycles. The molecule has 0 radical (unpaired) electrons. The highest BCUT2D eigenvalue weighted by Gasteiger charge is 2.25. The third-order valence-corrected chi connectivity index (χ3v) is 3.08. The molecule has 0 N–H and O–H groups in total. The quantitative estimate of drug-likeness (QED) is 0.754. The summed E-state index contributed by atoms with van der Waals surface area (Å²) < 4.78 is 10.7. The van der Waals surface area contributed by atoms with Gasteiger partial charge in [-0.15, -0.1) is 0 Å². The highest BCUT2D eigenvalue weighted by Crippen LogP contribution is 2.32. The molecule has 1 atom stereocenters. The van der Waals surface area contributed by atoms with Gasteiger partial charge in [0.05, 0.1) is 25.7 Å². The number of rotatable bonds is 3. The molecule has 2 rings (SSSR count). The van der Waals surface area contributed by atoms with E-state index < -0.39 is 0 Å². The molecule has 3 nitrogen and oxygen atoms in total. The van der Waals surface area contributed by atoms with Crippen molar-refractivity contribution in [3.05, 3.63) is 34.9 Å². The van der Waals surface area contributed by atoms with Crippen LogP contribution in [0.3, 0.4) is 0 Å². The maximum Gasteiger partial charge on any atom is 0.308 e. The molecule has 0 aliphatic carbocycles. The highest BCUT2D eigenvalue weighted by atomic mass is 16.5. The molecule has 0 amide bonds. The summed E-state index contributed by atoms with van der Waals surface area (Å²) >= 11 is 0. The fourth-order valence-electron chi connectivity index (χ4n) is 2.35. The lowest BCUT2D eigenvalue weighted by atomic mass is 9.92. The van der Waals surface area contributed by atoms with Crippen LogP contribution in [-0.4, -0.2) is 19.2 Å². The number of hydrogen-bond acceptors (Lipinski definition) is 3. The van der Waals surface area contributed by atoms with Gasteiger partial charge in [-0.1, -0.05) is 18.2 Å². The van der Waals surface area contributed by atoms with Gasteiger partial charge in [-0.25, -0.2) is 0 Å². The number of carbonyl (C=O) groups excluding carboxylic acids is 1. The zero-order valence-electron chi connectivity index (χ0n) is 10.4. The lowest BCUT2D eigenvalue weighted by Crippen LogP contribution is -2.21. The van der Waals surface area contributed by atoms with Crippen LogP contribution in [0.15, 0.2) is 18.2 Å². The van der Waals surface area contributed by atoms with Gasteiger partial charge in [0.15, 0.2) is 0 Å². The van der Waals surface area contributed by atoms with E-state index in [9.17, 15) is 4.79 Å². The second-order valence-electron chi connectivity index (χ2n) is 4.27. The molecule has 1 aromatic rings. The molecular weight excluding hydrogens is 216 g/mol. The standard InChI is InChI=1S/C14H18O3/c1-3-16-13(15)9-12-14-10(2)5-4-6-11(14)7-8-17-12/h4-6,12H,3,7-9H2,1-2H3/t12-/m0/s1. The zero-order chi connectivity index (χ0) is 12.3. The minimum Gasteiger partial charge on any atom is -0.466 e. The van der Waals surface area contributed by atoms with Crippen LogP contribution in [0.1, 0.15) is 36.1 Å². The van der Waals surface area contributed by atoms with E-state index in [4.69, 9.17) is 9.47 Å². The maximum atomic E-state index is 11.5. The molecule has 92 valence electrons. The first-order chi connectivity index (χ1) is 8.22. The Labute approximate surface area is 102 Å². The van der Waals surface area contributed by atoms with Gasteiger partial charge >= 0.3 is 5.97 Å². The van der Waals surface area contributed by atoms with Gasteiger partial charge in [-0.05, 0) is 37.0 Å². The Hall–Kier alpha value is -1.35. The predicted octanol–water partition coefficient (Wildman–Crippen LogP) is 2.56. The Bertz CT molecular complexity index is 412. The molecule has 17 heavy (non-hydrogen) atoms. The van der Waals surface area contributed by atoms with Crippen molar-refractivity contribution in [3.63, 3.8) is 0 Å². The van der Waals surface area contributed by atoms with Crippen molar-refractivity contribution in [2.24, 2.45) is 0 Å². The zero-order valence-corrected chi connectivity index (χ0v) is 10.4. The van der Waals surface area contributed by atoms with E-state index in [2.05, 4.69) is 25.1 Å². The summed E-state index contributed by atoms with van der Waals surface area (Å²) in [6.45, 7) is 4.98. The molecule has 1 aliphatic heterocycles. The van der Waals surface area contributed by atoms with Crippen LogP contribution >= 0.6 is 0 Å². The van der Waals surface area contributed by atoms with E-state index in [1.807, 2.05) is 6.92 Å². The summed E-state index contributed by atoms with van der Waals surface area (Å²) in [5.41, 5.74) is 3.66. The molecule has 1 aliphatic rings. The number of hydrogen-bond donors (Lipinski definition) is 0. The number of esters is 1. The van der Waals surface area contributed by atoms with Crippen LogP contribution in [0.25, 0.3) is 0 Å². The van der Waals surface area contributed by atoms with Crippen LogP contribution < -0.4 is 0 Å². The Morgan fingerprint density at radius 1 is 1.53 bits per heavy atom. The van der Waals surface area contributed by atoms with E-state index in [0.717, 1.165) is 6.42 Å². The third kappa shape index (κ3) is 2.67. The Balaban J connectivity index is 2.19. The van der Waals surface area contributed by atoms with Crippen molar-refractivity contribution in [3.8, 4) is 0 Å². The molecular formula is C14H18O3. The normalized spacial score (nSPS) is 18.6. The number of aryl methyl sites for hydroxylation is 1. The van der Waals surface area contributed by atoms with Gasteiger partial charge in [0.25, 0.3) is 0 Å². The summed E-state index contributed by atoms with van der Waals surface area (Å²) in [6, 6.07) is 6.23. The third-order valence-electron chi connectivity index (χ3n) is 3.08. The molecule has 0 spiro atoms. The van der Waals surface area contributed by atoms with Crippen LogP contribution in [0.4, 0.5) is 0 Å². The van der Waals surface area contributed by atoms with Gasteiger partial charge in [-0.2, -0.15) is 0 Å². The van der Waals surface area contributed by atoms with E-state index in [-0.39, 0.29) is 12.1 Å². The second-order valence-corrected chi connectivity index (χ2v) is 4.27. The van der Waals surface area contributed by atoms with Crippen molar-refractivity contribution in [2.45, 2.75) is 32.8 Å². The Morgan fingerprint density at radius 3 is 3.12 bits per heavy atom. The molecule has 1 heterocycles. The van der Waals surface area contributed by atoms with Crippen LogP contribution in [-0.2, 0) is 20.7 Å². The summed E-state index contributed by atoms with van der Waals surface area (Å²) in [5.74, 6) is -0.186. The fourth-order valence-corrected chi connectivity index (χ4v) is 2.35. The second kappa shape index (κ2) is 5.32. The van der Waals surface area contributed by atoms with E-state index in [0.29, 0.717) is 19.6 Å². The SMILES string of the molecule is CCOC(=O)C[C@@H]1OCCc2cccc(C)c21. The van der Waals surface area contributed by atoms with E-state index >= 15 is 0 Å².